The molecular formula is C9H15N5. The van der Waals surface area contributed by atoms with Gasteiger partial charge in [0.15, 0.2) is 5.82 Å². The molecule has 2 heterocycles. The molecule has 5 nitrogen and oxygen atoms in total. The van der Waals surface area contributed by atoms with Gasteiger partial charge in [-0.05, 0) is 6.07 Å². The number of nitrogens with zero attached hydrogens (tertiary/aromatic N) is 3. The van der Waals surface area contributed by atoms with E-state index >= 15 is 0 Å². The van der Waals surface area contributed by atoms with Gasteiger partial charge in [-0.1, -0.05) is 0 Å². The molecule has 1 fully saturated rings. The van der Waals surface area contributed by atoms with Crippen molar-refractivity contribution in [2.24, 2.45) is 0 Å². The number of anilines is 2. The summed E-state index contributed by atoms with van der Waals surface area (Å²) >= 11 is 0. The molecule has 0 aliphatic carbocycles. The van der Waals surface area contributed by atoms with Crippen molar-refractivity contribution < 1.29 is 0 Å². The molecule has 2 rings (SSSR count). The molecule has 0 saturated carbocycles. The molecule has 1 aliphatic heterocycles. The van der Waals surface area contributed by atoms with E-state index < -0.39 is 0 Å². The van der Waals surface area contributed by atoms with Crippen LogP contribution in [0, 0.1) is 0 Å². The minimum atomic E-state index is 0.955. The molecule has 0 aromatic carbocycles. The lowest BCUT2D eigenvalue weighted by Crippen LogP contribution is -2.44. The first-order chi connectivity index (χ1) is 6.92. The molecule has 14 heavy (non-hydrogen) atoms. The Hall–Kier alpha value is -1.36. The highest BCUT2D eigenvalue weighted by atomic mass is 15.3. The smallest absolute Gasteiger partial charge is 0.174 e. The van der Waals surface area contributed by atoms with E-state index in [0.717, 1.165) is 37.7 Å². The fourth-order valence-electron chi connectivity index (χ4n) is 1.63. The summed E-state index contributed by atoms with van der Waals surface area (Å²) in [5, 5.41) is 14.5. The maximum absolute atomic E-state index is 4.16. The predicted molar refractivity (Wildman–Crippen MR) is 56.7 cm³/mol. The van der Waals surface area contributed by atoms with Crippen molar-refractivity contribution in [3.8, 4) is 0 Å². The zero-order valence-electron chi connectivity index (χ0n) is 8.32. The van der Waals surface area contributed by atoms with Gasteiger partial charge < -0.3 is 15.5 Å². The minimum Gasteiger partial charge on any atom is -0.385 e. The van der Waals surface area contributed by atoms with E-state index in [1.54, 1.807) is 6.20 Å². The summed E-state index contributed by atoms with van der Waals surface area (Å²) in [7, 11) is 1.91. The highest BCUT2D eigenvalue weighted by Gasteiger charge is 2.14. The Kier molecular flexibility index (Phi) is 2.78. The first kappa shape index (κ1) is 9.21. The van der Waals surface area contributed by atoms with Gasteiger partial charge in [0.1, 0.15) is 0 Å². The Labute approximate surface area is 83.5 Å². The highest BCUT2D eigenvalue weighted by molar-refractivity contribution is 5.64. The van der Waals surface area contributed by atoms with Crippen molar-refractivity contribution >= 4 is 11.5 Å². The lowest BCUT2D eigenvalue weighted by atomic mass is 10.3. The molecule has 2 N–H and O–H groups in total. The molecule has 0 spiro atoms. The Balaban J connectivity index is 2.20. The van der Waals surface area contributed by atoms with Crippen molar-refractivity contribution in [3.05, 3.63) is 12.3 Å². The monoisotopic (exact) mass is 193 g/mol. The number of rotatable bonds is 2. The second-order valence-electron chi connectivity index (χ2n) is 3.26. The maximum Gasteiger partial charge on any atom is 0.174 e. The average molecular weight is 193 g/mol. The Morgan fingerprint density at radius 2 is 2.21 bits per heavy atom. The summed E-state index contributed by atoms with van der Waals surface area (Å²) in [6.45, 7) is 4.01. The number of nitrogens with one attached hydrogen (secondary N) is 2. The molecule has 0 bridgehead atoms. The van der Waals surface area contributed by atoms with Gasteiger partial charge in [-0.15, -0.1) is 5.10 Å². The van der Waals surface area contributed by atoms with Crippen LogP contribution in [0.2, 0.25) is 0 Å². The van der Waals surface area contributed by atoms with Gasteiger partial charge >= 0.3 is 0 Å². The predicted octanol–water partition coefficient (Wildman–Crippen LogP) is -0.0721. The SMILES string of the molecule is CNc1ccnnc1N1CCNCC1. The molecule has 1 aliphatic rings. The van der Waals surface area contributed by atoms with Crippen molar-refractivity contribution in [1.29, 1.82) is 0 Å². The van der Waals surface area contributed by atoms with Gasteiger partial charge in [-0.2, -0.15) is 5.10 Å². The van der Waals surface area contributed by atoms with E-state index in [-0.39, 0.29) is 0 Å². The van der Waals surface area contributed by atoms with Crippen LogP contribution in [-0.2, 0) is 0 Å². The average Bonchev–Trinajstić information content (AvgIpc) is 2.30. The van der Waals surface area contributed by atoms with E-state index in [2.05, 4.69) is 25.7 Å². The van der Waals surface area contributed by atoms with Gasteiger partial charge in [0.2, 0.25) is 0 Å². The van der Waals surface area contributed by atoms with Crippen molar-refractivity contribution in [2.75, 3.05) is 43.4 Å². The molecule has 76 valence electrons. The Bertz CT molecular complexity index is 295. The van der Waals surface area contributed by atoms with Gasteiger partial charge in [0, 0.05) is 33.2 Å². The molecule has 1 aromatic heterocycles. The third-order valence-corrected chi connectivity index (χ3v) is 2.39. The second kappa shape index (κ2) is 4.23. The minimum absolute atomic E-state index is 0.955. The van der Waals surface area contributed by atoms with E-state index in [9.17, 15) is 0 Å². The number of hydrogen-bond acceptors (Lipinski definition) is 5. The van der Waals surface area contributed by atoms with Crippen molar-refractivity contribution in [2.45, 2.75) is 0 Å². The second-order valence-corrected chi connectivity index (χ2v) is 3.26. The van der Waals surface area contributed by atoms with Gasteiger partial charge in [-0.25, -0.2) is 0 Å². The van der Waals surface area contributed by atoms with E-state index in [0.29, 0.717) is 0 Å². The Morgan fingerprint density at radius 3 is 2.93 bits per heavy atom. The van der Waals surface area contributed by atoms with Crippen LogP contribution in [0.3, 0.4) is 0 Å². The first-order valence-corrected chi connectivity index (χ1v) is 4.87. The van der Waals surface area contributed by atoms with Crippen LogP contribution in [0.1, 0.15) is 0 Å². The van der Waals surface area contributed by atoms with Crippen LogP contribution < -0.4 is 15.5 Å². The van der Waals surface area contributed by atoms with E-state index in [4.69, 9.17) is 0 Å². The van der Waals surface area contributed by atoms with Gasteiger partial charge in [0.25, 0.3) is 0 Å². The number of aromatic nitrogens is 2. The number of piperazine rings is 1. The first-order valence-electron chi connectivity index (χ1n) is 4.87. The van der Waals surface area contributed by atoms with Crippen LogP contribution in [0.4, 0.5) is 11.5 Å². The summed E-state index contributed by atoms with van der Waals surface area (Å²) in [5.74, 6) is 0.955. The molecule has 1 aromatic rings. The summed E-state index contributed by atoms with van der Waals surface area (Å²) in [6.07, 6.45) is 1.71. The zero-order valence-corrected chi connectivity index (χ0v) is 8.32. The van der Waals surface area contributed by atoms with E-state index in [1.165, 1.54) is 0 Å². The maximum atomic E-state index is 4.16. The van der Waals surface area contributed by atoms with Crippen LogP contribution >= 0.6 is 0 Å². The largest absolute Gasteiger partial charge is 0.385 e. The highest BCUT2D eigenvalue weighted by Crippen LogP contribution is 2.20. The summed E-state index contributed by atoms with van der Waals surface area (Å²) in [5.41, 5.74) is 1.04. The fraction of sp³-hybridized carbons (Fsp3) is 0.556. The lowest BCUT2D eigenvalue weighted by Gasteiger charge is -2.29. The van der Waals surface area contributed by atoms with Crippen LogP contribution in [0.25, 0.3) is 0 Å². The van der Waals surface area contributed by atoms with Crippen molar-refractivity contribution in [1.82, 2.24) is 15.5 Å². The molecule has 1 saturated heterocycles. The Morgan fingerprint density at radius 1 is 1.43 bits per heavy atom. The van der Waals surface area contributed by atoms with Gasteiger partial charge in [0.05, 0.1) is 11.9 Å². The lowest BCUT2D eigenvalue weighted by molar-refractivity contribution is 0.583. The van der Waals surface area contributed by atoms with Gasteiger partial charge in [-0.3, -0.25) is 0 Å². The molecule has 5 heteroatoms. The third kappa shape index (κ3) is 1.77. The quantitative estimate of drug-likeness (QED) is 0.688. The summed E-state index contributed by atoms with van der Waals surface area (Å²) in [4.78, 5) is 2.25. The molecule has 0 radical (unpaired) electrons. The molecule has 0 atom stereocenters. The van der Waals surface area contributed by atoms with Crippen LogP contribution in [0.5, 0.6) is 0 Å². The van der Waals surface area contributed by atoms with E-state index in [1.807, 2.05) is 13.1 Å². The topological polar surface area (TPSA) is 53.1 Å². The molecular weight excluding hydrogens is 178 g/mol. The zero-order chi connectivity index (χ0) is 9.80. The molecule has 0 amide bonds. The van der Waals surface area contributed by atoms with Crippen molar-refractivity contribution in [3.63, 3.8) is 0 Å². The van der Waals surface area contributed by atoms with Crippen LogP contribution in [-0.4, -0.2) is 43.4 Å². The fourth-order valence-corrected chi connectivity index (χ4v) is 1.63. The standard InChI is InChI=1S/C9H15N5/c1-10-8-2-3-12-13-9(8)14-6-4-11-5-7-14/h2-3,11H,4-7H2,1H3,(H,10,12). The summed E-state index contributed by atoms with van der Waals surface area (Å²) in [6, 6.07) is 1.95. The third-order valence-electron chi connectivity index (χ3n) is 2.39. The normalized spacial score (nSPS) is 16.8. The summed E-state index contributed by atoms with van der Waals surface area (Å²) < 4.78 is 0. The van der Waals surface area contributed by atoms with Crippen LogP contribution in [0.15, 0.2) is 12.3 Å². The number of hydrogen-bond donors (Lipinski definition) is 2. The molecule has 0 unspecified atom stereocenters.